The van der Waals surface area contributed by atoms with Gasteiger partial charge in [-0.2, -0.15) is 0 Å². The zero-order valence-corrected chi connectivity index (χ0v) is 19.8. The van der Waals surface area contributed by atoms with Gasteiger partial charge in [0.05, 0.1) is 18.6 Å². The van der Waals surface area contributed by atoms with Crippen LogP contribution in [0.3, 0.4) is 0 Å². The van der Waals surface area contributed by atoms with Gasteiger partial charge in [0.25, 0.3) is 5.91 Å². The highest BCUT2D eigenvalue weighted by molar-refractivity contribution is 7.91. The number of carbonyl (C=O) groups is 3. The number of carbonyl (C=O) groups excluding carboxylic acids is 3. The zero-order chi connectivity index (χ0) is 23.0. The molecular formula is C19H24N2O7S3. The first kappa shape index (κ1) is 25.0. The zero-order valence-electron chi connectivity index (χ0n) is 17.4. The van der Waals surface area contributed by atoms with Crippen LogP contribution < -0.4 is 10.0 Å². The lowest BCUT2D eigenvalue weighted by atomic mass is 10.1. The third-order valence-electron chi connectivity index (χ3n) is 4.04. The van der Waals surface area contributed by atoms with E-state index in [1.807, 2.05) is 13.8 Å². The summed E-state index contributed by atoms with van der Waals surface area (Å²) >= 11 is 2.31. The molecule has 2 heterocycles. The summed E-state index contributed by atoms with van der Waals surface area (Å²) in [5.41, 5.74) is 1.11. The second-order valence-electron chi connectivity index (χ2n) is 6.20. The normalized spacial score (nSPS) is 11.2. The highest BCUT2D eigenvalue weighted by atomic mass is 32.2. The van der Waals surface area contributed by atoms with E-state index < -0.39 is 34.5 Å². The van der Waals surface area contributed by atoms with Crippen LogP contribution in [0.2, 0.25) is 0 Å². The number of nitrogens with one attached hydrogen (secondary N) is 2. The first-order chi connectivity index (χ1) is 14.7. The molecule has 0 atom stereocenters. The van der Waals surface area contributed by atoms with Gasteiger partial charge in [-0.15, -0.1) is 22.7 Å². The molecule has 9 nitrogen and oxygen atoms in total. The van der Waals surface area contributed by atoms with E-state index in [2.05, 4.69) is 10.0 Å². The molecule has 12 heteroatoms. The number of sulfonamides is 1. The highest BCUT2D eigenvalue weighted by Gasteiger charge is 2.24. The Balaban J connectivity index is 1.86. The maximum atomic E-state index is 12.3. The van der Waals surface area contributed by atoms with Gasteiger partial charge in [0.1, 0.15) is 9.21 Å². The van der Waals surface area contributed by atoms with E-state index in [9.17, 15) is 22.8 Å². The molecule has 0 bridgehead atoms. The van der Waals surface area contributed by atoms with E-state index in [0.29, 0.717) is 17.0 Å². The molecular weight excluding hydrogens is 464 g/mol. The second-order valence-corrected chi connectivity index (χ2v) is 10.4. The summed E-state index contributed by atoms with van der Waals surface area (Å²) in [7, 11) is -3.67. The monoisotopic (exact) mass is 488 g/mol. The fourth-order valence-corrected chi connectivity index (χ4v) is 5.89. The van der Waals surface area contributed by atoms with Crippen LogP contribution in [0.5, 0.6) is 0 Å². The molecule has 0 saturated carbocycles. The largest absolute Gasteiger partial charge is 0.462 e. The predicted molar refractivity (Wildman–Crippen MR) is 118 cm³/mol. The molecule has 0 aliphatic carbocycles. The Morgan fingerprint density at radius 3 is 2.52 bits per heavy atom. The quantitative estimate of drug-likeness (QED) is 0.466. The summed E-state index contributed by atoms with van der Waals surface area (Å²) in [6, 6.07) is 3.06. The Morgan fingerprint density at radius 2 is 1.90 bits per heavy atom. The van der Waals surface area contributed by atoms with Crippen molar-refractivity contribution in [3.8, 4) is 0 Å². The molecule has 2 aromatic heterocycles. The summed E-state index contributed by atoms with van der Waals surface area (Å²) in [6.45, 7) is 4.94. The number of amides is 1. The Hall–Kier alpha value is -2.28. The van der Waals surface area contributed by atoms with Gasteiger partial charge in [0, 0.05) is 11.4 Å². The molecule has 0 aliphatic heterocycles. The summed E-state index contributed by atoms with van der Waals surface area (Å²) in [5.74, 6) is -1.86. The fraction of sp³-hybridized carbons (Fsp3) is 0.421. The van der Waals surface area contributed by atoms with Crippen LogP contribution in [-0.4, -0.2) is 46.0 Å². The molecule has 0 spiro atoms. The third-order valence-corrected chi connectivity index (χ3v) is 7.96. The Kier molecular flexibility index (Phi) is 9.16. The van der Waals surface area contributed by atoms with Gasteiger partial charge in [-0.3, -0.25) is 9.59 Å². The summed E-state index contributed by atoms with van der Waals surface area (Å²) in [4.78, 5) is 37.2. The van der Waals surface area contributed by atoms with Gasteiger partial charge in [-0.1, -0.05) is 13.0 Å². The minimum absolute atomic E-state index is 0.148. The second kappa shape index (κ2) is 11.4. The molecule has 0 saturated heterocycles. The SMILES string of the molecule is CCOC(=O)c1c(NC(=O)COC(=O)CCNS(=O)(=O)c2cccs2)sc(C)c1CC. The number of rotatable bonds is 11. The van der Waals surface area contributed by atoms with Gasteiger partial charge in [-0.25, -0.2) is 17.9 Å². The van der Waals surface area contributed by atoms with Crippen LogP contribution in [0.1, 0.15) is 41.1 Å². The molecule has 0 aromatic carbocycles. The van der Waals surface area contributed by atoms with Crippen LogP contribution in [-0.2, 0) is 35.5 Å². The fourth-order valence-electron chi connectivity index (χ4n) is 2.67. The van der Waals surface area contributed by atoms with Crippen LogP contribution in [0.15, 0.2) is 21.7 Å². The van der Waals surface area contributed by atoms with Crippen LogP contribution >= 0.6 is 22.7 Å². The van der Waals surface area contributed by atoms with Gasteiger partial charge < -0.3 is 14.8 Å². The van der Waals surface area contributed by atoms with Crippen molar-refractivity contribution in [2.75, 3.05) is 25.1 Å². The summed E-state index contributed by atoms with van der Waals surface area (Å²) < 4.78 is 36.4. The molecule has 1 amide bonds. The number of anilines is 1. The molecule has 0 fully saturated rings. The van der Waals surface area contributed by atoms with Crippen LogP contribution in [0.25, 0.3) is 0 Å². The summed E-state index contributed by atoms with van der Waals surface area (Å²) in [6.07, 6.45) is 0.368. The van der Waals surface area contributed by atoms with Gasteiger partial charge in [-0.05, 0) is 37.3 Å². The van der Waals surface area contributed by atoms with Crippen molar-refractivity contribution in [1.82, 2.24) is 4.72 Å². The van der Waals surface area contributed by atoms with E-state index in [1.54, 1.807) is 18.4 Å². The first-order valence-electron chi connectivity index (χ1n) is 9.47. The molecule has 31 heavy (non-hydrogen) atoms. The average molecular weight is 489 g/mol. The van der Waals surface area contributed by atoms with Crippen LogP contribution in [0.4, 0.5) is 5.00 Å². The number of ether oxygens (including phenoxy) is 2. The molecule has 2 rings (SSSR count). The van der Waals surface area contributed by atoms with E-state index in [1.165, 1.54) is 17.4 Å². The van der Waals surface area contributed by atoms with Crippen molar-refractivity contribution < 1.29 is 32.3 Å². The van der Waals surface area contributed by atoms with E-state index in [0.717, 1.165) is 21.8 Å². The lowest BCUT2D eigenvalue weighted by Gasteiger charge is -2.09. The number of hydrogen-bond donors (Lipinski definition) is 2. The number of aryl methyl sites for hydroxylation is 1. The molecule has 170 valence electrons. The standard InChI is InChI=1S/C19H24N2O7S3/c1-4-13-12(3)30-18(17(13)19(24)27-5-2)21-14(22)11-28-15(23)8-9-20-31(25,26)16-7-6-10-29-16/h6-7,10,20H,4-5,8-9,11H2,1-3H3,(H,21,22). The molecule has 0 unspecified atom stereocenters. The van der Waals surface area contributed by atoms with Gasteiger partial charge in [0.2, 0.25) is 10.0 Å². The highest BCUT2D eigenvalue weighted by Crippen LogP contribution is 2.34. The van der Waals surface area contributed by atoms with Crippen LogP contribution in [0, 0.1) is 6.92 Å². The number of hydrogen-bond acceptors (Lipinski definition) is 9. The minimum atomic E-state index is -3.67. The van der Waals surface area contributed by atoms with Crippen molar-refractivity contribution in [3.05, 3.63) is 33.5 Å². The number of esters is 2. The van der Waals surface area contributed by atoms with E-state index in [-0.39, 0.29) is 23.8 Å². The molecule has 0 radical (unpaired) electrons. The van der Waals surface area contributed by atoms with Crippen molar-refractivity contribution >= 4 is 55.5 Å². The third kappa shape index (κ3) is 6.86. The van der Waals surface area contributed by atoms with Crippen molar-refractivity contribution in [2.45, 2.75) is 37.8 Å². The Labute approximate surface area is 188 Å². The first-order valence-corrected chi connectivity index (χ1v) is 12.7. The van der Waals surface area contributed by atoms with E-state index >= 15 is 0 Å². The predicted octanol–water partition coefficient (Wildman–Crippen LogP) is 2.71. The maximum absolute atomic E-state index is 12.3. The van der Waals surface area contributed by atoms with Crippen molar-refractivity contribution in [3.63, 3.8) is 0 Å². The summed E-state index contributed by atoms with van der Waals surface area (Å²) in [5, 5.41) is 4.57. The van der Waals surface area contributed by atoms with E-state index in [4.69, 9.17) is 9.47 Å². The Bertz CT molecular complexity index is 1030. The maximum Gasteiger partial charge on any atom is 0.341 e. The molecule has 2 aromatic rings. The minimum Gasteiger partial charge on any atom is -0.462 e. The topological polar surface area (TPSA) is 128 Å². The molecule has 2 N–H and O–H groups in total. The lowest BCUT2D eigenvalue weighted by molar-refractivity contribution is -0.147. The lowest BCUT2D eigenvalue weighted by Crippen LogP contribution is -2.27. The Morgan fingerprint density at radius 1 is 1.16 bits per heavy atom. The van der Waals surface area contributed by atoms with Crippen molar-refractivity contribution in [2.24, 2.45) is 0 Å². The molecule has 0 aliphatic rings. The van der Waals surface area contributed by atoms with Gasteiger partial charge in [0.15, 0.2) is 6.61 Å². The smallest absolute Gasteiger partial charge is 0.341 e. The average Bonchev–Trinajstić information content (AvgIpc) is 3.35. The van der Waals surface area contributed by atoms with Crippen molar-refractivity contribution in [1.29, 1.82) is 0 Å². The van der Waals surface area contributed by atoms with Gasteiger partial charge >= 0.3 is 11.9 Å². The number of thiophene rings is 2.